The van der Waals surface area contributed by atoms with E-state index in [1.807, 2.05) is 0 Å². The first-order valence-corrected chi connectivity index (χ1v) is 13.1. The van der Waals surface area contributed by atoms with Gasteiger partial charge in [-0.15, -0.1) is 0 Å². The van der Waals surface area contributed by atoms with Gasteiger partial charge in [-0.1, -0.05) is 0 Å². The van der Waals surface area contributed by atoms with E-state index in [2.05, 4.69) is 19.9 Å². The van der Waals surface area contributed by atoms with Gasteiger partial charge in [-0.2, -0.15) is 0 Å². The van der Waals surface area contributed by atoms with Crippen LogP contribution in [0.25, 0.3) is 0 Å². The molecule has 5 rings (SSSR count). The van der Waals surface area contributed by atoms with Crippen LogP contribution in [0.2, 0.25) is 0 Å². The highest BCUT2D eigenvalue weighted by molar-refractivity contribution is 5.91. The maximum absolute atomic E-state index is 13.1. The molecule has 5 heterocycles. The summed E-state index contributed by atoms with van der Waals surface area (Å²) in [6.07, 6.45) is 6.08. The second kappa shape index (κ2) is 13.6. The number of ether oxygens (including phenoxy) is 5. The minimum atomic E-state index is -2.57. The quantitative estimate of drug-likeness (QED) is 0.205. The third-order valence-corrected chi connectivity index (χ3v) is 6.32. The molecule has 14 nitrogen and oxygen atoms in total. The molecule has 44 heavy (non-hydrogen) atoms. The van der Waals surface area contributed by atoms with Crippen molar-refractivity contribution in [2.24, 2.45) is 0 Å². The Morgan fingerprint density at radius 2 is 1.09 bits per heavy atom. The lowest BCUT2D eigenvalue weighted by Crippen LogP contribution is -2.51. The summed E-state index contributed by atoms with van der Waals surface area (Å²) in [5, 5.41) is 11.7. The summed E-state index contributed by atoms with van der Waals surface area (Å²) in [5.74, 6) is -6.10. The van der Waals surface area contributed by atoms with Crippen molar-refractivity contribution in [1.82, 2.24) is 19.9 Å². The van der Waals surface area contributed by atoms with Crippen LogP contribution >= 0.6 is 0 Å². The largest absolute Gasteiger partial charge is 0.459 e. The van der Waals surface area contributed by atoms with Gasteiger partial charge in [-0.3, -0.25) is 19.9 Å². The zero-order valence-corrected chi connectivity index (χ0v) is 22.8. The Bertz CT molecular complexity index is 1600. The molecule has 0 unspecified atom stereocenters. The fourth-order valence-electron chi connectivity index (χ4n) is 4.19. The molecule has 14 heteroatoms. The predicted molar refractivity (Wildman–Crippen MR) is 146 cm³/mol. The molecule has 1 aliphatic rings. The van der Waals surface area contributed by atoms with Crippen LogP contribution in [0.15, 0.2) is 98.1 Å². The van der Waals surface area contributed by atoms with E-state index in [1.54, 1.807) is 0 Å². The van der Waals surface area contributed by atoms with Gasteiger partial charge in [0.2, 0.25) is 5.79 Å². The van der Waals surface area contributed by atoms with E-state index in [1.165, 1.54) is 98.1 Å². The Labute approximate surface area is 249 Å². The SMILES string of the molecule is O=C(OC[C@@H]1O[C@](O)(COC(=O)c2cccnc2)[C@@H](OC(=O)c2cccnc2)[C@H]1OC(=O)c1cccnc1)c1cccnc1. The molecular weight excluding hydrogens is 576 g/mol. The molecule has 0 saturated carbocycles. The molecule has 1 fully saturated rings. The predicted octanol–water partition coefficient (Wildman–Crippen LogP) is 1.82. The van der Waals surface area contributed by atoms with E-state index in [0.29, 0.717) is 0 Å². The number of rotatable bonds is 10. The molecule has 1 aliphatic heterocycles. The van der Waals surface area contributed by atoms with Crippen molar-refractivity contribution in [1.29, 1.82) is 0 Å². The zero-order chi connectivity index (χ0) is 30.9. The van der Waals surface area contributed by atoms with Crippen LogP contribution in [-0.2, 0) is 23.7 Å². The van der Waals surface area contributed by atoms with Gasteiger partial charge in [0.15, 0.2) is 12.2 Å². The maximum atomic E-state index is 13.1. The van der Waals surface area contributed by atoms with Crippen molar-refractivity contribution in [2.75, 3.05) is 13.2 Å². The Balaban J connectivity index is 1.44. The molecule has 0 amide bonds. The zero-order valence-electron chi connectivity index (χ0n) is 22.8. The van der Waals surface area contributed by atoms with Crippen LogP contribution in [-0.4, -0.2) is 86.2 Å². The summed E-state index contributed by atoms with van der Waals surface area (Å²) < 4.78 is 27.8. The first kappa shape index (κ1) is 29.9. The third-order valence-electron chi connectivity index (χ3n) is 6.32. The average Bonchev–Trinajstić information content (AvgIpc) is 3.33. The number of aliphatic hydroxyl groups is 1. The van der Waals surface area contributed by atoms with E-state index >= 15 is 0 Å². The fourth-order valence-corrected chi connectivity index (χ4v) is 4.19. The molecule has 224 valence electrons. The van der Waals surface area contributed by atoms with Gasteiger partial charge >= 0.3 is 23.9 Å². The van der Waals surface area contributed by atoms with Crippen molar-refractivity contribution < 1.29 is 48.0 Å². The van der Waals surface area contributed by atoms with Crippen LogP contribution in [0.5, 0.6) is 0 Å². The van der Waals surface area contributed by atoms with Crippen molar-refractivity contribution in [3.05, 3.63) is 120 Å². The summed E-state index contributed by atoms with van der Waals surface area (Å²) in [7, 11) is 0. The molecule has 0 aliphatic carbocycles. The Morgan fingerprint density at radius 3 is 1.55 bits per heavy atom. The number of pyridine rings is 4. The lowest BCUT2D eigenvalue weighted by molar-refractivity contribution is -0.247. The highest BCUT2D eigenvalue weighted by atomic mass is 16.7. The number of nitrogens with zero attached hydrogens (tertiary/aromatic N) is 4. The maximum Gasteiger partial charge on any atom is 0.340 e. The number of hydrogen-bond donors (Lipinski definition) is 1. The first-order chi connectivity index (χ1) is 21.3. The van der Waals surface area contributed by atoms with Gasteiger partial charge in [-0.05, 0) is 48.5 Å². The first-order valence-electron chi connectivity index (χ1n) is 13.1. The average molecular weight is 601 g/mol. The molecule has 4 aromatic rings. The van der Waals surface area contributed by atoms with E-state index in [0.717, 1.165) is 0 Å². The van der Waals surface area contributed by atoms with Crippen LogP contribution < -0.4 is 0 Å². The third kappa shape index (κ3) is 7.06. The highest BCUT2D eigenvalue weighted by Crippen LogP contribution is 2.36. The fraction of sp³-hybridized carbons (Fsp3) is 0.200. The highest BCUT2D eigenvalue weighted by Gasteiger charge is 2.60. The van der Waals surface area contributed by atoms with Crippen molar-refractivity contribution in [2.45, 2.75) is 24.1 Å². The smallest absolute Gasteiger partial charge is 0.340 e. The molecule has 0 bridgehead atoms. The molecule has 4 aromatic heterocycles. The van der Waals surface area contributed by atoms with Crippen molar-refractivity contribution in [3.63, 3.8) is 0 Å². The van der Waals surface area contributed by atoms with E-state index in [9.17, 15) is 24.3 Å². The van der Waals surface area contributed by atoms with Crippen LogP contribution in [0.3, 0.4) is 0 Å². The summed E-state index contributed by atoms with van der Waals surface area (Å²) in [5.41, 5.74) is 0.231. The Morgan fingerprint density at radius 1 is 0.659 bits per heavy atom. The Hall–Kier alpha value is -5.60. The van der Waals surface area contributed by atoms with Gasteiger partial charge in [0.1, 0.15) is 19.3 Å². The van der Waals surface area contributed by atoms with Gasteiger partial charge in [0, 0.05) is 49.6 Å². The lowest BCUT2D eigenvalue weighted by atomic mass is 10.0. The number of carbonyl (C=O) groups is 4. The van der Waals surface area contributed by atoms with Crippen LogP contribution in [0, 0.1) is 0 Å². The Kier molecular flexibility index (Phi) is 9.22. The summed E-state index contributed by atoms with van der Waals surface area (Å²) in [4.78, 5) is 67.1. The molecular formula is C30H24N4O10. The van der Waals surface area contributed by atoms with Gasteiger partial charge in [0.05, 0.1) is 22.3 Å². The normalized spacial score (nSPS) is 20.7. The monoisotopic (exact) mass is 600 g/mol. The van der Waals surface area contributed by atoms with E-state index < -0.39 is 61.2 Å². The molecule has 1 N–H and O–H groups in total. The second-order valence-corrected chi connectivity index (χ2v) is 9.34. The number of carbonyl (C=O) groups excluding carboxylic acids is 4. The number of aromatic nitrogens is 4. The minimum Gasteiger partial charge on any atom is -0.459 e. The summed E-state index contributed by atoms with van der Waals surface area (Å²) in [6, 6.07) is 11.8. The molecule has 1 saturated heterocycles. The van der Waals surface area contributed by atoms with Gasteiger partial charge in [0.25, 0.3) is 0 Å². The van der Waals surface area contributed by atoms with Gasteiger partial charge < -0.3 is 28.8 Å². The van der Waals surface area contributed by atoms with Crippen LogP contribution in [0.1, 0.15) is 41.4 Å². The standard InChI is InChI=1S/C30H24N4O10/c35-26(19-5-1-9-31-13-19)40-17-23-24(42-28(37)21-7-3-11-33-15-21)25(43-29(38)22-8-4-12-34-16-22)30(39,44-23)18-41-27(36)20-6-2-10-32-14-20/h1-16,23-25,39H,17-18H2/t23-,24-,25-,30+/m0/s1. The lowest BCUT2D eigenvalue weighted by Gasteiger charge is -2.29. The number of hydrogen-bond acceptors (Lipinski definition) is 14. The van der Waals surface area contributed by atoms with Crippen molar-refractivity contribution >= 4 is 23.9 Å². The minimum absolute atomic E-state index is 0.00555. The molecule has 0 radical (unpaired) electrons. The van der Waals surface area contributed by atoms with E-state index in [4.69, 9.17) is 23.7 Å². The van der Waals surface area contributed by atoms with E-state index in [-0.39, 0.29) is 22.3 Å². The molecule has 0 aromatic carbocycles. The molecule has 4 atom stereocenters. The molecule has 0 spiro atoms. The van der Waals surface area contributed by atoms with Crippen LogP contribution in [0.4, 0.5) is 0 Å². The second-order valence-electron chi connectivity index (χ2n) is 9.34. The summed E-state index contributed by atoms with van der Waals surface area (Å²) in [6.45, 7) is -1.45. The topological polar surface area (TPSA) is 186 Å². The number of esters is 4. The summed E-state index contributed by atoms with van der Waals surface area (Å²) >= 11 is 0. The van der Waals surface area contributed by atoms with Gasteiger partial charge in [-0.25, -0.2) is 19.2 Å². The van der Waals surface area contributed by atoms with Crippen molar-refractivity contribution in [3.8, 4) is 0 Å².